The van der Waals surface area contributed by atoms with E-state index < -0.39 is 0 Å². The van der Waals surface area contributed by atoms with Crippen LogP contribution in [0.1, 0.15) is 0 Å². The highest BCUT2D eigenvalue weighted by Gasteiger charge is 2.12. The highest BCUT2D eigenvalue weighted by atomic mass is 32.2. The smallest absolute Gasteiger partial charge is 0.307 e. The first-order valence-corrected chi connectivity index (χ1v) is 10.00. The van der Waals surface area contributed by atoms with Crippen molar-refractivity contribution in [1.29, 1.82) is 0 Å². The molecule has 2 amide bonds. The molecule has 4 aromatic rings. The summed E-state index contributed by atoms with van der Waals surface area (Å²) in [6, 6.07) is 29.3. The number of para-hydroxylation sites is 1. The zero-order chi connectivity index (χ0) is 20.1. The minimum Gasteiger partial charge on any atom is -0.307 e. The highest BCUT2D eigenvalue weighted by molar-refractivity contribution is 7.99. The van der Waals surface area contributed by atoms with Crippen LogP contribution < -0.4 is 10.6 Å². The summed E-state index contributed by atoms with van der Waals surface area (Å²) in [7, 11) is 1.86. The van der Waals surface area contributed by atoms with Gasteiger partial charge in [-0.05, 0) is 29.8 Å². The molecule has 0 bridgehead atoms. The van der Waals surface area contributed by atoms with Gasteiger partial charge in [0, 0.05) is 22.9 Å². The van der Waals surface area contributed by atoms with Gasteiger partial charge in [0.25, 0.3) is 0 Å². The van der Waals surface area contributed by atoms with E-state index in [0.717, 1.165) is 26.7 Å². The van der Waals surface area contributed by atoms with Crippen molar-refractivity contribution < 1.29 is 4.79 Å². The summed E-state index contributed by atoms with van der Waals surface area (Å²) < 4.78 is 1.75. The molecule has 0 fully saturated rings. The van der Waals surface area contributed by atoms with Gasteiger partial charge in [0.15, 0.2) is 5.82 Å². The molecule has 29 heavy (non-hydrogen) atoms. The molecule has 6 heteroatoms. The number of carbonyl (C=O) groups excluding carboxylic acids is 1. The molecular weight excluding hydrogens is 380 g/mol. The van der Waals surface area contributed by atoms with Crippen LogP contribution in [0.4, 0.5) is 16.3 Å². The summed E-state index contributed by atoms with van der Waals surface area (Å²) in [6.07, 6.45) is 0. The third-order valence-corrected chi connectivity index (χ3v) is 5.38. The van der Waals surface area contributed by atoms with E-state index in [1.165, 1.54) is 0 Å². The maximum Gasteiger partial charge on any atom is 0.324 e. The van der Waals surface area contributed by atoms with Crippen LogP contribution in [0.25, 0.3) is 11.3 Å². The number of rotatable bonds is 5. The number of anilines is 2. The molecule has 0 unspecified atom stereocenters. The first kappa shape index (κ1) is 18.8. The minimum atomic E-state index is -0.330. The number of benzene rings is 3. The molecule has 5 nitrogen and oxygen atoms in total. The van der Waals surface area contributed by atoms with Crippen molar-refractivity contribution in [3.8, 4) is 11.3 Å². The maximum absolute atomic E-state index is 12.6. The minimum absolute atomic E-state index is 0.330. The molecule has 1 aromatic heterocycles. The van der Waals surface area contributed by atoms with Gasteiger partial charge >= 0.3 is 6.03 Å². The lowest BCUT2D eigenvalue weighted by Gasteiger charge is -2.10. The molecule has 1 heterocycles. The Morgan fingerprint density at radius 2 is 1.52 bits per heavy atom. The van der Waals surface area contributed by atoms with E-state index in [1.807, 2.05) is 98.0 Å². The molecule has 4 rings (SSSR count). The Labute approximate surface area is 173 Å². The summed E-state index contributed by atoms with van der Waals surface area (Å²) in [4.78, 5) is 14.6. The third kappa shape index (κ3) is 4.67. The van der Waals surface area contributed by atoms with Gasteiger partial charge in [-0.15, -0.1) is 0 Å². The second-order valence-corrected chi connectivity index (χ2v) is 7.51. The Morgan fingerprint density at radius 3 is 2.28 bits per heavy atom. The summed E-state index contributed by atoms with van der Waals surface area (Å²) in [5.41, 5.74) is 2.72. The van der Waals surface area contributed by atoms with Crippen LogP contribution in [0.2, 0.25) is 0 Å². The van der Waals surface area contributed by atoms with Crippen LogP contribution in [0.5, 0.6) is 0 Å². The lowest BCUT2D eigenvalue weighted by Crippen LogP contribution is -2.20. The largest absolute Gasteiger partial charge is 0.324 e. The van der Waals surface area contributed by atoms with Crippen molar-refractivity contribution in [2.75, 3.05) is 10.6 Å². The zero-order valence-electron chi connectivity index (χ0n) is 15.9. The Kier molecular flexibility index (Phi) is 5.63. The van der Waals surface area contributed by atoms with Crippen molar-refractivity contribution in [1.82, 2.24) is 9.78 Å². The number of aromatic nitrogens is 2. The van der Waals surface area contributed by atoms with E-state index in [4.69, 9.17) is 0 Å². The Bertz CT molecular complexity index is 1110. The highest BCUT2D eigenvalue weighted by Crippen LogP contribution is 2.33. The number of amides is 2. The molecule has 0 aliphatic rings. The fourth-order valence-corrected chi connectivity index (χ4v) is 3.87. The third-order valence-electron chi connectivity index (χ3n) is 4.30. The normalized spacial score (nSPS) is 10.5. The average molecular weight is 401 g/mol. The van der Waals surface area contributed by atoms with E-state index in [2.05, 4.69) is 15.7 Å². The Morgan fingerprint density at radius 1 is 0.862 bits per heavy atom. The van der Waals surface area contributed by atoms with Gasteiger partial charge in [-0.2, -0.15) is 5.10 Å². The molecule has 0 aliphatic carbocycles. The second kappa shape index (κ2) is 8.67. The molecule has 0 saturated carbocycles. The quantitative estimate of drug-likeness (QED) is 0.440. The molecule has 3 aromatic carbocycles. The van der Waals surface area contributed by atoms with Gasteiger partial charge in [0.2, 0.25) is 0 Å². The second-order valence-electron chi connectivity index (χ2n) is 6.39. The van der Waals surface area contributed by atoms with Gasteiger partial charge in [-0.1, -0.05) is 72.4 Å². The molecule has 144 valence electrons. The van der Waals surface area contributed by atoms with Crippen molar-refractivity contribution in [2.24, 2.45) is 7.05 Å². The summed E-state index contributed by atoms with van der Waals surface area (Å²) in [6.45, 7) is 0. The number of urea groups is 1. The molecule has 0 saturated heterocycles. The van der Waals surface area contributed by atoms with Gasteiger partial charge in [0.05, 0.1) is 11.4 Å². The number of hydrogen-bond acceptors (Lipinski definition) is 3. The summed E-state index contributed by atoms with van der Waals surface area (Å²) in [5.74, 6) is 0.497. The van der Waals surface area contributed by atoms with Gasteiger partial charge in [-0.25, -0.2) is 4.79 Å². The van der Waals surface area contributed by atoms with Gasteiger partial charge in [-0.3, -0.25) is 10.00 Å². The van der Waals surface area contributed by atoms with Crippen molar-refractivity contribution in [2.45, 2.75) is 9.79 Å². The average Bonchev–Trinajstić information content (AvgIpc) is 3.10. The zero-order valence-corrected chi connectivity index (χ0v) is 16.7. The monoisotopic (exact) mass is 400 g/mol. The molecule has 0 atom stereocenters. The van der Waals surface area contributed by atoms with Gasteiger partial charge < -0.3 is 5.32 Å². The lowest BCUT2D eigenvalue weighted by atomic mass is 10.1. The van der Waals surface area contributed by atoms with Gasteiger partial charge in [0.1, 0.15) is 0 Å². The van der Waals surface area contributed by atoms with Crippen molar-refractivity contribution in [3.05, 3.63) is 91.0 Å². The summed E-state index contributed by atoms with van der Waals surface area (Å²) >= 11 is 1.60. The fourth-order valence-electron chi connectivity index (χ4n) is 2.95. The lowest BCUT2D eigenvalue weighted by molar-refractivity contribution is 0.262. The maximum atomic E-state index is 12.6. The van der Waals surface area contributed by atoms with Crippen LogP contribution in [-0.4, -0.2) is 15.8 Å². The standard InChI is InChI=1S/C23H20N4OS/c1-27-20(17-10-4-2-5-11-17)16-22(26-27)25-23(28)24-19-14-8-9-15-21(19)29-18-12-6-3-7-13-18/h2-16H,1H3,(H2,24,25,26,28). The predicted octanol–water partition coefficient (Wildman–Crippen LogP) is 5.88. The fraction of sp³-hybridized carbons (Fsp3) is 0.0435. The SMILES string of the molecule is Cn1nc(NC(=O)Nc2ccccc2Sc2ccccc2)cc1-c1ccccc1. The van der Waals surface area contributed by atoms with E-state index >= 15 is 0 Å². The Balaban J connectivity index is 1.47. The number of nitrogens with one attached hydrogen (secondary N) is 2. The van der Waals surface area contributed by atoms with Crippen LogP contribution in [0.3, 0.4) is 0 Å². The van der Waals surface area contributed by atoms with Crippen LogP contribution in [0, 0.1) is 0 Å². The van der Waals surface area contributed by atoms with Crippen molar-refractivity contribution in [3.63, 3.8) is 0 Å². The molecule has 2 N–H and O–H groups in total. The Hall–Kier alpha value is -3.51. The molecular formula is C23H20N4OS. The van der Waals surface area contributed by atoms with Crippen LogP contribution in [-0.2, 0) is 7.05 Å². The first-order valence-electron chi connectivity index (χ1n) is 9.18. The number of aryl methyl sites for hydroxylation is 1. The van der Waals surface area contributed by atoms with E-state index in [-0.39, 0.29) is 6.03 Å². The van der Waals surface area contributed by atoms with Crippen LogP contribution >= 0.6 is 11.8 Å². The number of hydrogen-bond donors (Lipinski definition) is 2. The van der Waals surface area contributed by atoms with E-state index in [9.17, 15) is 4.79 Å². The van der Waals surface area contributed by atoms with Crippen LogP contribution in [0.15, 0.2) is 101 Å². The molecule has 0 aliphatic heterocycles. The first-order chi connectivity index (χ1) is 14.2. The van der Waals surface area contributed by atoms with E-state index in [0.29, 0.717) is 5.82 Å². The summed E-state index contributed by atoms with van der Waals surface area (Å²) in [5, 5.41) is 10.1. The van der Waals surface area contributed by atoms with Crippen molar-refractivity contribution >= 4 is 29.3 Å². The van der Waals surface area contributed by atoms with E-state index in [1.54, 1.807) is 16.4 Å². The molecule has 0 radical (unpaired) electrons. The topological polar surface area (TPSA) is 59.0 Å². The molecule has 0 spiro atoms. The number of carbonyl (C=O) groups is 1. The predicted molar refractivity (Wildman–Crippen MR) is 118 cm³/mol. The number of nitrogens with zero attached hydrogens (tertiary/aromatic N) is 2.